The van der Waals surface area contributed by atoms with Crippen molar-refractivity contribution in [1.29, 1.82) is 0 Å². The number of rotatable bonds is 4. The summed E-state index contributed by atoms with van der Waals surface area (Å²) in [5.41, 5.74) is 0.647. The van der Waals surface area contributed by atoms with E-state index in [4.69, 9.17) is 39.9 Å². The molecule has 138 valence electrons. The maximum Gasteiger partial charge on any atom is 0.354 e. The lowest BCUT2D eigenvalue weighted by Gasteiger charge is -2.18. The number of carbonyl (C=O) groups is 2. The summed E-state index contributed by atoms with van der Waals surface area (Å²) < 4.78 is 0. The van der Waals surface area contributed by atoms with Crippen LogP contribution in [0.3, 0.4) is 0 Å². The first-order valence-electron chi connectivity index (χ1n) is 7.63. The zero-order valence-electron chi connectivity index (χ0n) is 13.5. The zero-order valence-corrected chi connectivity index (χ0v) is 15.8. The van der Waals surface area contributed by atoms with Crippen LogP contribution in [0.25, 0.3) is 0 Å². The summed E-state index contributed by atoms with van der Waals surface area (Å²) in [5.74, 6) is -1.15. The third-order valence-electron chi connectivity index (χ3n) is 4.03. The fourth-order valence-electron chi connectivity index (χ4n) is 2.75. The molecule has 0 aromatic carbocycles. The molecule has 1 atom stereocenters. The molecule has 1 aliphatic rings. The Bertz CT molecular complexity index is 886. The molecule has 0 saturated carbocycles. The van der Waals surface area contributed by atoms with Crippen LogP contribution in [0.5, 0.6) is 0 Å². The average Bonchev–Trinajstić information content (AvgIpc) is 3.14. The van der Waals surface area contributed by atoms with Crippen LogP contribution < -0.4 is 10.2 Å². The van der Waals surface area contributed by atoms with Gasteiger partial charge in [0, 0.05) is 30.9 Å². The first-order chi connectivity index (χ1) is 12.3. The minimum absolute atomic E-state index is 0.143. The number of nitrogens with one attached hydrogen (secondary N) is 2. The van der Waals surface area contributed by atoms with Gasteiger partial charge < -0.3 is 20.3 Å². The van der Waals surface area contributed by atoms with Crippen molar-refractivity contribution in [2.45, 2.75) is 19.4 Å². The molecule has 3 rings (SSSR count). The van der Waals surface area contributed by atoms with Crippen LogP contribution in [0.4, 0.5) is 5.82 Å². The monoisotopic (exact) mass is 417 g/mol. The van der Waals surface area contributed by atoms with E-state index in [2.05, 4.69) is 20.3 Å². The van der Waals surface area contributed by atoms with Gasteiger partial charge in [-0.05, 0) is 24.9 Å². The molecule has 0 spiro atoms. The summed E-state index contributed by atoms with van der Waals surface area (Å²) in [5, 5.41) is 12.3. The number of amides is 1. The van der Waals surface area contributed by atoms with E-state index in [9.17, 15) is 9.59 Å². The van der Waals surface area contributed by atoms with Gasteiger partial charge >= 0.3 is 5.97 Å². The Balaban J connectivity index is 1.70. The van der Waals surface area contributed by atoms with E-state index in [0.29, 0.717) is 36.0 Å². The second-order valence-corrected chi connectivity index (χ2v) is 6.94. The van der Waals surface area contributed by atoms with E-state index in [1.165, 1.54) is 6.07 Å². The number of H-pyrrole nitrogens is 1. The van der Waals surface area contributed by atoms with Gasteiger partial charge in [-0.3, -0.25) is 4.79 Å². The summed E-state index contributed by atoms with van der Waals surface area (Å²) in [6.07, 6.45) is 0.654. The van der Waals surface area contributed by atoms with Gasteiger partial charge in [-0.15, -0.1) is 0 Å². The molecule has 3 N–H and O–H groups in total. The van der Waals surface area contributed by atoms with Gasteiger partial charge in [0.15, 0.2) is 5.69 Å². The molecule has 1 saturated heterocycles. The van der Waals surface area contributed by atoms with Crippen molar-refractivity contribution in [3.63, 3.8) is 0 Å². The Kier molecular flexibility index (Phi) is 5.27. The molecule has 3 heterocycles. The van der Waals surface area contributed by atoms with Gasteiger partial charge in [-0.25, -0.2) is 14.8 Å². The van der Waals surface area contributed by atoms with Gasteiger partial charge in [0.1, 0.15) is 11.5 Å². The second kappa shape index (κ2) is 7.30. The Labute approximate surface area is 163 Å². The quantitative estimate of drug-likeness (QED) is 0.658. The molecule has 0 aliphatic carbocycles. The van der Waals surface area contributed by atoms with Gasteiger partial charge in [0.25, 0.3) is 5.91 Å². The standard InChI is InChI=1S/C15H14Cl3N5O3/c1-6-10(16)11(17)12(19-6)13(24)20-7-2-3-23(5-7)9-4-8(14(25)26)21-15(18)22-9/h4,7,19H,2-3,5H2,1H3,(H,20,24)(H,25,26)/t7-/m0/s1. The molecule has 0 radical (unpaired) electrons. The van der Waals surface area contributed by atoms with Gasteiger partial charge in [0.05, 0.1) is 10.0 Å². The van der Waals surface area contributed by atoms with Gasteiger partial charge in [-0.2, -0.15) is 0 Å². The predicted octanol–water partition coefficient (Wildman–Crippen LogP) is 2.78. The first kappa shape index (κ1) is 18.8. The maximum atomic E-state index is 12.4. The molecule has 11 heteroatoms. The number of nitrogens with zero attached hydrogens (tertiary/aromatic N) is 3. The third kappa shape index (κ3) is 3.72. The molecule has 1 aliphatic heterocycles. The van der Waals surface area contributed by atoms with Crippen molar-refractivity contribution in [3.8, 4) is 0 Å². The molecule has 26 heavy (non-hydrogen) atoms. The largest absolute Gasteiger partial charge is 0.477 e. The van der Waals surface area contributed by atoms with E-state index in [-0.39, 0.29) is 33.6 Å². The molecule has 1 amide bonds. The SMILES string of the molecule is Cc1[nH]c(C(=O)N[C@H]2CCN(c3cc(C(=O)O)nc(Cl)n3)C2)c(Cl)c1Cl. The van der Waals surface area contributed by atoms with Crippen molar-refractivity contribution in [1.82, 2.24) is 20.3 Å². The predicted molar refractivity (Wildman–Crippen MR) is 97.6 cm³/mol. The average molecular weight is 419 g/mol. The molecule has 2 aromatic heterocycles. The number of carbonyl (C=O) groups excluding carboxylic acids is 1. The number of carboxylic acids is 1. The highest BCUT2D eigenvalue weighted by Gasteiger charge is 2.28. The van der Waals surface area contributed by atoms with E-state index in [1.807, 2.05) is 4.90 Å². The van der Waals surface area contributed by atoms with Crippen molar-refractivity contribution < 1.29 is 14.7 Å². The summed E-state index contributed by atoms with van der Waals surface area (Å²) in [6.45, 7) is 2.75. The zero-order chi connectivity index (χ0) is 19.0. The lowest BCUT2D eigenvalue weighted by atomic mass is 10.2. The lowest BCUT2D eigenvalue weighted by Crippen LogP contribution is -2.37. The number of aromatic carboxylic acids is 1. The van der Waals surface area contributed by atoms with E-state index >= 15 is 0 Å². The van der Waals surface area contributed by atoms with Crippen LogP contribution in [0.2, 0.25) is 15.3 Å². The maximum absolute atomic E-state index is 12.4. The molecular formula is C15H14Cl3N5O3. The minimum Gasteiger partial charge on any atom is -0.477 e. The van der Waals surface area contributed by atoms with E-state index in [1.54, 1.807) is 6.92 Å². The summed E-state index contributed by atoms with van der Waals surface area (Å²) in [4.78, 5) is 35.9. The van der Waals surface area contributed by atoms with Gasteiger partial charge in [-0.1, -0.05) is 23.2 Å². The number of anilines is 1. The Morgan fingerprint density at radius 2 is 2.04 bits per heavy atom. The minimum atomic E-state index is -1.19. The highest BCUT2D eigenvalue weighted by atomic mass is 35.5. The molecule has 2 aromatic rings. The van der Waals surface area contributed by atoms with Crippen LogP contribution in [0.15, 0.2) is 6.07 Å². The Morgan fingerprint density at radius 3 is 2.65 bits per heavy atom. The summed E-state index contributed by atoms with van der Waals surface area (Å²) in [7, 11) is 0. The molecule has 8 nitrogen and oxygen atoms in total. The summed E-state index contributed by atoms with van der Waals surface area (Å²) >= 11 is 17.8. The van der Waals surface area contributed by atoms with E-state index < -0.39 is 5.97 Å². The highest BCUT2D eigenvalue weighted by Crippen LogP contribution is 2.29. The number of aromatic amines is 1. The van der Waals surface area contributed by atoms with Crippen molar-refractivity contribution in [2.75, 3.05) is 18.0 Å². The number of halogens is 3. The second-order valence-electron chi connectivity index (χ2n) is 5.84. The highest BCUT2D eigenvalue weighted by molar-refractivity contribution is 6.44. The molecule has 0 unspecified atom stereocenters. The number of carboxylic acid groups (broad SMARTS) is 1. The third-order valence-corrected chi connectivity index (χ3v) is 5.15. The molecule has 1 fully saturated rings. The van der Waals surface area contributed by atoms with Crippen LogP contribution in [-0.4, -0.2) is 51.1 Å². The number of hydrogen-bond donors (Lipinski definition) is 3. The van der Waals surface area contributed by atoms with Crippen molar-refractivity contribution in [2.24, 2.45) is 0 Å². The van der Waals surface area contributed by atoms with Crippen molar-refractivity contribution >= 4 is 52.5 Å². The summed E-state index contributed by atoms with van der Waals surface area (Å²) in [6, 6.07) is 1.19. The molecule has 0 bridgehead atoms. The lowest BCUT2D eigenvalue weighted by molar-refractivity contribution is 0.0690. The fraction of sp³-hybridized carbons (Fsp3) is 0.333. The van der Waals surface area contributed by atoms with Crippen molar-refractivity contribution in [3.05, 3.63) is 38.5 Å². The smallest absolute Gasteiger partial charge is 0.354 e. The fourth-order valence-corrected chi connectivity index (χ4v) is 3.34. The molecular weight excluding hydrogens is 405 g/mol. The van der Waals surface area contributed by atoms with Crippen LogP contribution in [0, 0.1) is 6.92 Å². The first-order valence-corrected chi connectivity index (χ1v) is 8.77. The normalized spacial score (nSPS) is 16.8. The number of hydrogen-bond acceptors (Lipinski definition) is 5. The number of aryl methyl sites for hydroxylation is 1. The number of aromatic nitrogens is 3. The van der Waals surface area contributed by atoms with Crippen LogP contribution in [-0.2, 0) is 0 Å². The van der Waals surface area contributed by atoms with Crippen LogP contribution in [0.1, 0.15) is 33.1 Å². The van der Waals surface area contributed by atoms with Crippen LogP contribution >= 0.6 is 34.8 Å². The Hall–Kier alpha value is -2.03. The topological polar surface area (TPSA) is 111 Å². The van der Waals surface area contributed by atoms with Gasteiger partial charge in [0.2, 0.25) is 5.28 Å². The van der Waals surface area contributed by atoms with E-state index in [0.717, 1.165) is 0 Å². The Morgan fingerprint density at radius 1 is 1.31 bits per heavy atom.